The molecule has 0 aliphatic rings. The lowest BCUT2D eigenvalue weighted by atomic mass is 10.1. The van der Waals surface area contributed by atoms with Gasteiger partial charge in [-0.25, -0.2) is 4.98 Å². The number of aromatic nitrogens is 2. The lowest BCUT2D eigenvalue weighted by molar-refractivity contribution is 1.34. The normalized spacial score (nSPS) is 11.5. The SMILES string of the molecule is c1cnc2ccc(-c3ccc4c(c3)sc3ccccc34)nc2c1. The van der Waals surface area contributed by atoms with Crippen molar-refractivity contribution in [3.8, 4) is 11.3 Å². The number of thiophene rings is 1. The molecule has 3 heteroatoms. The average Bonchev–Trinajstić information content (AvgIpc) is 2.99. The van der Waals surface area contributed by atoms with Crippen LogP contribution < -0.4 is 0 Å². The molecule has 0 amide bonds. The van der Waals surface area contributed by atoms with Crippen LogP contribution in [-0.4, -0.2) is 9.97 Å². The van der Waals surface area contributed by atoms with E-state index in [1.807, 2.05) is 35.6 Å². The average molecular weight is 312 g/mol. The molecule has 2 aromatic carbocycles. The second-order valence-electron chi connectivity index (χ2n) is 5.55. The Balaban J connectivity index is 1.73. The molecule has 2 nitrogen and oxygen atoms in total. The first kappa shape index (κ1) is 12.7. The van der Waals surface area contributed by atoms with E-state index in [4.69, 9.17) is 4.98 Å². The van der Waals surface area contributed by atoms with Crippen LogP contribution in [0.1, 0.15) is 0 Å². The van der Waals surface area contributed by atoms with E-state index in [9.17, 15) is 0 Å². The Labute approximate surface area is 137 Å². The quantitative estimate of drug-likeness (QED) is 0.399. The highest BCUT2D eigenvalue weighted by Crippen LogP contribution is 2.35. The van der Waals surface area contributed by atoms with Gasteiger partial charge in [-0.3, -0.25) is 4.98 Å². The summed E-state index contributed by atoms with van der Waals surface area (Å²) in [6.07, 6.45) is 1.80. The van der Waals surface area contributed by atoms with Crippen molar-refractivity contribution < 1.29 is 0 Å². The minimum absolute atomic E-state index is 0.930. The van der Waals surface area contributed by atoms with Crippen molar-refractivity contribution in [2.45, 2.75) is 0 Å². The zero-order valence-electron chi connectivity index (χ0n) is 12.2. The van der Waals surface area contributed by atoms with Crippen LogP contribution in [0.2, 0.25) is 0 Å². The molecule has 0 saturated carbocycles. The molecule has 108 valence electrons. The molecule has 5 aromatic rings. The summed E-state index contributed by atoms with van der Waals surface area (Å²) in [5.41, 5.74) is 4.00. The monoisotopic (exact) mass is 312 g/mol. The fraction of sp³-hybridized carbons (Fsp3) is 0. The van der Waals surface area contributed by atoms with Crippen LogP contribution in [0.5, 0.6) is 0 Å². The van der Waals surface area contributed by atoms with Crippen molar-refractivity contribution in [2.24, 2.45) is 0 Å². The summed E-state index contributed by atoms with van der Waals surface area (Å²) < 4.78 is 2.63. The van der Waals surface area contributed by atoms with Crippen LogP contribution in [-0.2, 0) is 0 Å². The van der Waals surface area contributed by atoms with Crippen LogP contribution >= 0.6 is 11.3 Å². The molecule has 0 unspecified atom stereocenters. The smallest absolute Gasteiger partial charge is 0.0894 e. The fourth-order valence-electron chi connectivity index (χ4n) is 3.00. The zero-order valence-corrected chi connectivity index (χ0v) is 13.0. The minimum Gasteiger partial charge on any atom is -0.255 e. The molecule has 0 bridgehead atoms. The summed E-state index contributed by atoms with van der Waals surface area (Å²) in [4.78, 5) is 9.08. The zero-order chi connectivity index (χ0) is 15.2. The van der Waals surface area contributed by atoms with Crippen LogP contribution in [0.4, 0.5) is 0 Å². The van der Waals surface area contributed by atoms with Gasteiger partial charge in [-0.15, -0.1) is 11.3 Å². The van der Waals surface area contributed by atoms with Gasteiger partial charge in [0.15, 0.2) is 0 Å². The lowest BCUT2D eigenvalue weighted by Crippen LogP contribution is -1.86. The van der Waals surface area contributed by atoms with Crippen LogP contribution in [0, 0.1) is 0 Å². The first-order valence-corrected chi connectivity index (χ1v) is 8.34. The van der Waals surface area contributed by atoms with Crippen molar-refractivity contribution in [3.05, 3.63) is 72.9 Å². The van der Waals surface area contributed by atoms with Gasteiger partial charge in [0, 0.05) is 31.9 Å². The van der Waals surface area contributed by atoms with E-state index in [1.165, 1.54) is 20.2 Å². The second kappa shape index (κ2) is 4.86. The van der Waals surface area contributed by atoms with Gasteiger partial charge >= 0.3 is 0 Å². The van der Waals surface area contributed by atoms with Gasteiger partial charge in [0.25, 0.3) is 0 Å². The van der Waals surface area contributed by atoms with Crippen molar-refractivity contribution in [1.29, 1.82) is 0 Å². The lowest BCUT2D eigenvalue weighted by Gasteiger charge is -2.03. The highest BCUT2D eigenvalue weighted by molar-refractivity contribution is 7.25. The molecule has 0 fully saturated rings. The maximum absolute atomic E-state index is 4.75. The van der Waals surface area contributed by atoms with E-state index in [2.05, 4.69) is 47.4 Å². The molecule has 0 saturated heterocycles. The molecule has 0 aliphatic heterocycles. The summed E-state index contributed by atoms with van der Waals surface area (Å²) in [7, 11) is 0. The molecular weight excluding hydrogens is 300 g/mol. The Morgan fingerprint density at radius 2 is 1.61 bits per heavy atom. The molecule has 0 spiro atoms. The van der Waals surface area contributed by atoms with E-state index < -0.39 is 0 Å². The van der Waals surface area contributed by atoms with Crippen LogP contribution in [0.25, 0.3) is 42.5 Å². The van der Waals surface area contributed by atoms with Crippen molar-refractivity contribution in [3.63, 3.8) is 0 Å². The number of pyridine rings is 2. The van der Waals surface area contributed by atoms with E-state index in [0.29, 0.717) is 0 Å². The van der Waals surface area contributed by atoms with Gasteiger partial charge < -0.3 is 0 Å². The Morgan fingerprint density at radius 1 is 0.696 bits per heavy atom. The maximum atomic E-state index is 4.75. The van der Waals surface area contributed by atoms with Gasteiger partial charge in [0.2, 0.25) is 0 Å². The maximum Gasteiger partial charge on any atom is 0.0894 e. The summed E-state index contributed by atoms with van der Waals surface area (Å²) in [5.74, 6) is 0. The summed E-state index contributed by atoms with van der Waals surface area (Å²) in [6, 6.07) is 23.2. The molecule has 0 radical (unpaired) electrons. The van der Waals surface area contributed by atoms with Crippen LogP contribution in [0.15, 0.2) is 72.9 Å². The number of benzene rings is 2. The van der Waals surface area contributed by atoms with E-state index >= 15 is 0 Å². The number of fused-ring (bicyclic) bond motifs is 4. The largest absolute Gasteiger partial charge is 0.255 e. The van der Waals surface area contributed by atoms with Gasteiger partial charge in [-0.05, 0) is 36.4 Å². The summed E-state index contributed by atoms with van der Waals surface area (Å²) in [5, 5.41) is 2.64. The summed E-state index contributed by atoms with van der Waals surface area (Å²) >= 11 is 1.83. The van der Waals surface area contributed by atoms with Crippen molar-refractivity contribution >= 4 is 42.5 Å². The van der Waals surface area contributed by atoms with E-state index in [-0.39, 0.29) is 0 Å². The Bertz CT molecular complexity index is 1170. The molecule has 23 heavy (non-hydrogen) atoms. The predicted molar refractivity (Wildman–Crippen MR) is 97.9 cm³/mol. The Morgan fingerprint density at radius 3 is 2.61 bits per heavy atom. The number of nitrogens with zero attached hydrogens (tertiary/aromatic N) is 2. The predicted octanol–water partition coefficient (Wildman–Crippen LogP) is 5.66. The molecule has 0 aliphatic carbocycles. The Kier molecular flexibility index (Phi) is 2.69. The molecule has 3 heterocycles. The van der Waals surface area contributed by atoms with Crippen molar-refractivity contribution in [1.82, 2.24) is 9.97 Å². The number of hydrogen-bond donors (Lipinski definition) is 0. The third kappa shape index (κ3) is 2.01. The van der Waals surface area contributed by atoms with E-state index in [0.717, 1.165) is 22.3 Å². The highest BCUT2D eigenvalue weighted by atomic mass is 32.1. The molecule has 0 atom stereocenters. The molecule has 0 N–H and O–H groups in total. The summed E-state index contributed by atoms with van der Waals surface area (Å²) in [6.45, 7) is 0. The van der Waals surface area contributed by atoms with Crippen molar-refractivity contribution in [2.75, 3.05) is 0 Å². The minimum atomic E-state index is 0.930. The number of hydrogen-bond acceptors (Lipinski definition) is 3. The molecule has 3 aromatic heterocycles. The molecule has 5 rings (SSSR count). The fourth-order valence-corrected chi connectivity index (χ4v) is 4.15. The first-order valence-electron chi connectivity index (χ1n) is 7.52. The topological polar surface area (TPSA) is 25.8 Å². The third-order valence-corrected chi connectivity index (χ3v) is 5.26. The first-order chi connectivity index (χ1) is 11.4. The highest BCUT2D eigenvalue weighted by Gasteiger charge is 2.07. The molecular formula is C20H12N2S. The third-order valence-electron chi connectivity index (χ3n) is 4.13. The number of rotatable bonds is 1. The van der Waals surface area contributed by atoms with Gasteiger partial charge in [0.1, 0.15) is 0 Å². The van der Waals surface area contributed by atoms with E-state index in [1.54, 1.807) is 6.20 Å². The second-order valence-corrected chi connectivity index (χ2v) is 6.63. The Hall–Kier alpha value is -2.78. The van der Waals surface area contributed by atoms with Crippen LogP contribution in [0.3, 0.4) is 0 Å². The van der Waals surface area contributed by atoms with Gasteiger partial charge in [-0.1, -0.05) is 30.3 Å². The standard InChI is InChI=1S/C20H12N2S/c1-2-6-19-14(4-1)15-8-7-13(12-20(15)23-19)16-9-10-17-18(22-16)5-3-11-21-17/h1-12H. The van der Waals surface area contributed by atoms with Gasteiger partial charge in [-0.2, -0.15) is 0 Å². The van der Waals surface area contributed by atoms with Gasteiger partial charge in [0.05, 0.1) is 16.7 Å².